The Hall–Kier alpha value is -1.62. The zero-order chi connectivity index (χ0) is 13.7. The molecule has 0 aliphatic carbocycles. The molecule has 0 spiro atoms. The highest BCUT2D eigenvalue weighted by Crippen LogP contribution is 2.27. The van der Waals surface area contributed by atoms with Gasteiger partial charge in [-0.05, 0) is 24.6 Å². The highest BCUT2D eigenvalue weighted by atomic mass is 32.1. The summed E-state index contributed by atoms with van der Waals surface area (Å²) in [6.07, 6.45) is 5.57. The van der Waals surface area contributed by atoms with Gasteiger partial charge in [-0.25, -0.2) is 4.79 Å². The molecule has 0 saturated heterocycles. The molecule has 0 aromatic carbocycles. The maximum atomic E-state index is 11.4. The van der Waals surface area contributed by atoms with Crippen molar-refractivity contribution in [2.45, 2.75) is 32.7 Å². The largest absolute Gasteiger partial charge is 0.465 e. The number of unbranched alkanes of at least 4 members (excludes halogenated alkanes) is 2. The summed E-state index contributed by atoms with van der Waals surface area (Å²) in [7, 11) is 1.39. The Morgan fingerprint density at radius 2 is 2.21 bits per heavy atom. The average Bonchev–Trinajstić information content (AvgIpc) is 3.06. The van der Waals surface area contributed by atoms with Gasteiger partial charge in [0.05, 0.1) is 12.0 Å². The molecule has 102 valence electrons. The molecule has 2 heterocycles. The number of rotatable bonds is 6. The lowest BCUT2D eigenvalue weighted by Gasteiger charge is -1.99. The number of carbonyl (C=O) groups is 1. The topological polar surface area (TPSA) is 44.1 Å². The number of hydrogen-bond donors (Lipinski definition) is 0. The van der Waals surface area contributed by atoms with Crippen molar-refractivity contribution >= 4 is 17.3 Å². The Balaban J connectivity index is 2.05. The van der Waals surface area contributed by atoms with Crippen LogP contribution in [0.15, 0.2) is 24.4 Å². The number of methoxy groups -OCH3 is 1. The van der Waals surface area contributed by atoms with Gasteiger partial charge in [-0.2, -0.15) is 5.10 Å². The van der Waals surface area contributed by atoms with E-state index in [1.165, 1.54) is 31.3 Å². The van der Waals surface area contributed by atoms with E-state index in [1.807, 2.05) is 23.0 Å². The smallest absolute Gasteiger partial charge is 0.348 e. The Morgan fingerprint density at radius 1 is 1.37 bits per heavy atom. The van der Waals surface area contributed by atoms with Crippen LogP contribution in [0.3, 0.4) is 0 Å². The minimum atomic E-state index is -0.293. The van der Waals surface area contributed by atoms with E-state index in [2.05, 4.69) is 12.0 Å². The molecule has 2 aromatic heterocycles. The fraction of sp³-hybridized carbons (Fsp3) is 0.429. The van der Waals surface area contributed by atoms with Gasteiger partial charge in [-0.15, -0.1) is 11.3 Å². The first-order valence-corrected chi connectivity index (χ1v) is 7.28. The molecule has 0 radical (unpaired) electrons. The first-order valence-electron chi connectivity index (χ1n) is 6.46. The van der Waals surface area contributed by atoms with Crippen molar-refractivity contribution in [3.8, 4) is 10.6 Å². The van der Waals surface area contributed by atoms with Crippen molar-refractivity contribution in [3.05, 3.63) is 29.3 Å². The number of thiophene rings is 1. The van der Waals surface area contributed by atoms with Crippen molar-refractivity contribution in [1.29, 1.82) is 0 Å². The normalized spacial score (nSPS) is 10.6. The van der Waals surface area contributed by atoms with E-state index >= 15 is 0 Å². The second-order valence-corrected chi connectivity index (χ2v) is 5.41. The SMILES string of the molecule is CCCCCn1ccc(-c2ccc(C(=O)OC)s2)n1. The molecule has 2 aromatic rings. The maximum absolute atomic E-state index is 11.4. The number of hydrogen-bond acceptors (Lipinski definition) is 4. The number of ether oxygens (including phenoxy) is 1. The number of aromatic nitrogens is 2. The quantitative estimate of drug-likeness (QED) is 0.599. The van der Waals surface area contributed by atoms with E-state index in [0.717, 1.165) is 23.5 Å². The Morgan fingerprint density at radius 3 is 2.95 bits per heavy atom. The lowest BCUT2D eigenvalue weighted by atomic mass is 10.2. The third-order valence-corrected chi connectivity index (χ3v) is 3.96. The summed E-state index contributed by atoms with van der Waals surface area (Å²) in [4.78, 5) is 13.0. The van der Waals surface area contributed by atoms with E-state index in [9.17, 15) is 4.79 Å². The van der Waals surface area contributed by atoms with Gasteiger partial charge in [-0.3, -0.25) is 4.68 Å². The molecule has 4 nitrogen and oxygen atoms in total. The predicted octanol–water partition coefficient (Wildman–Crippen LogP) is 3.59. The molecule has 5 heteroatoms. The molecule has 0 atom stereocenters. The molecule has 0 amide bonds. The molecular weight excluding hydrogens is 260 g/mol. The van der Waals surface area contributed by atoms with E-state index in [-0.39, 0.29) is 5.97 Å². The van der Waals surface area contributed by atoms with Crippen molar-refractivity contribution in [2.75, 3.05) is 7.11 Å². The van der Waals surface area contributed by atoms with Crippen LogP contribution in [0.4, 0.5) is 0 Å². The van der Waals surface area contributed by atoms with Gasteiger partial charge in [0.25, 0.3) is 0 Å². The molecule has 0 unspecified atom stereocenters. The molecular formula is C14H18N2O2S. The molecule has 0 aliphatic rings. The molecule has 0 N–H and O–H groups in total. The lowest BCUT2D eigenvalue weighted by Crippen LogP contribution is -1.98. The molecule has 0 bridgehead atoms. The second-order valence-electron chi connectivity index (χ2n) is 4.33. The predicted molar refractivity (Wildman–Crippen MR) is 76.4 cm³/mol. The third kappa shape index (κ3) is 3.44. The summed E-state index contributed by atoms with van der Waals surface area (Å²) >= 11 is 1.41. The molecule has 2 rings (SSSR count). The average molecular weight is 278 g/mol. The number of aryl methyl sites for hydroxylation is 1. The maximum Gasteiger partial charge on any atom is 0.348 e. The van der Waals surface area contributed by atoms with E-state index in [0.29, 0.717) is 4.88 Å². The molecule has 0 saturated carbocycles. The first-order chi connectivity index (χ1) is 9.24. The van der Waals surface area contributed by atoms with Crippen LogP contribution in [0.25, 0.3) is 10.6 Å². The van der Waals surface area contributed by atoms with Crippen LogP contribution in [-0.2, 0) is 11.3 Å². The van der Waals surface area contributed by atoms with Crippen molar-refractivity contribution in [3.63, 3.8) is 0 Å². The van der Waals surface area contributed by atoms with Gasteiger partial charge in [0.2, 0.25) is 0 Å². The van der Waals surface area contributed by atoms with Crippen LogP contribution in [-0.4, -0.2) is 22.9 Å². The van der Waals surface area contributed by atoms with Crippen LogP contribution >= 0.6 is 11.3 Å². The van der Waals surface area contributed by atoms with Gasteiger partial charge < -0.3 is 4.74 Å². The van der Waals surface area contributed by atoms with E-state index in [4.69, 9.17) is 4.74 Å². The van der Waals surface area contributed by atoms with Gasteiger partial charge in [0, 0.05) is 12.7 Å². The fourth-order valence-corrected chi connectivity index (χ4v) is 2.72. The fourth-order valence-electron chi connectivity index (χ4n) is 1.83. The third-order valence-electron chi connectivity index (χ3n) is 2.88. The first kappa shape index (κ1) is 13.8. The highest BCUT2D eigenvalue weighted by molar-refractivity contribution is 7.17. The van der Waals surface area contributed by atoms with Crippen molar-refractivity contribution < 1.29 is 9.53 Å². The second kappa shape index (κ2) is 6.52. The summed E-state index contributed by atoms with van der Waals surface area (Å²) in [5, 5.41) is 4.53. The van der Waals surface area contributed by atoms with Crippen LogP contribution in [0.1, 0.15) is 35.9 Å². The Bertz CT molecular complexity index is 545. The number of nitrogens with zero attached hydrogens (tertiary/aromatic N) is 2. The monoisotopic (exact) mass is 278 g/mol. The summed E-state index contributed by atoms with van der Waals surface area (Å²) in [6, 6.07) is 5.68. The van der Waals surface area contributed by atoms with E-state index in [1.54, 1.807) is 6.07 Å². The minimum Gasteiger partial charge on any atom is -0.465 e. The zero-order valence-electron chi connectivity index (χ0n) is 11.3. The van der Waals surface area contributed by atoms with Crippen LogP contribution in [0.5, 0.6) is 0 Å². The molecule has 0 fully saturated rings. The number of esters is 1. The van der Waals surface area contributed by atoms with Crippen LogP contribution < -0.4 is 0 Å². The summed E-state index contributed by atoms with van der Waals surface area (Å²) in [6.45, 7) is 3.14. The van der Waals surface area contributed by atoms with Crippen LogP contribution in [0.2, 0.25) is 0 Å². The van der Waals surface area contributed by atoms with E-state index < -0.39 is 0 Å². The Kier molecular flexibility index (Phi) is 4.74. The molecule has 0 aliphatic heterocycles. The van der Waals surface area contributed by atoms with Gasteiger partial charge >= 0.3 is 5.97 Å². The van der Waals surface area contributed by atoms with Gasteiger partial charge in [0.1, 0.15) is 10.6 Å². The van der Waals surface area contributed by atoms with Crippen LogP contribution in [0, 0.1) is 0 Å². The van der Waals surface area contributed by atoms with Gasteiger partial charge in [0.15, 0.2) is 0 Å². The summed E-state index contributed by atoms with van der Waals surface area (Å²) < 4.78 is 6.66. The minimum absolute atomic E-state index is 0.293. The summed E-state index contributed by atoms with van der Waals surface area (Å²) in [5.74, 6) is -0.293. The molecule has 19 heavy (non-hydrogen) atoms. The summed E-state index contributed by atoms with van der Waals surface area (Å²) in [5.41, 5.74) is 0.914. The highest BCUT2D eigenvalue weighted by Gasteiger charge is 2.11. The van der Waals surface area contributed by atoms with Gasteiger partial charge in [-0.1, -0.05) is 19.8 Å². The zero-order valence-corrected chi connectivity index (χ0v) is 12.1. The lowest BCUT2D eigenvalue weighted by molar-refractivity contribution is 0.0606. The van der Waals surface area contributed by atoms with Crippen molar-refractivity contribution in [1.82, 2.24) is 9.78 Å². The van der Waals surface area contributed by atoms with Crippen molar-refractivity contribution in [2.24, 2.45) is 0 Å². The Labute approximate surface area is 117 Å². The standard InChI is InChI=1S/C14H18N2O2S/c1-3-4-5-9-16-10-8-11(15-16)12-6-7-13(19-12)14(17)18-2/h6-8,10H,3-5,9H2,1-2H3. The number of carbonyl (C=O) groups excluding carboxylic acids is 1.